The van der Waals surface area contributed by atoms with Gasteiger partial charge in [0.05, 0.1) is 23.4 Å². The Morgan fingerprint density at radius 3 is 2.83 bits per heavy atom. The van der Waals surface area contributed by atoms with Crippen molar-refractivity contribution in [2.75, 3.05) is 24.2 Å². The minimum atomic E-state index is -3.50. The fraction of sp³-hybridized carbons (Fsp3) is 0.316. The predicted octanol–water partition coefficient (Wildman–Crippen LogP) is 2.37. The molecule has 9 nitrogen and oxygen atoms in total. The second-order valence-corrected chi connectivity index (χ2v) is 9.74. The maximum atomic E-state index is 13.0. The van der Waals surface area contributed by atoms with Crippen molar-refractivity contribution < 1.29 is 22.5 Å². The van der Waals surface area contributed by atoms with Gasteiger partial charge in [0.15, 0.2) is 6.10 Å². The van der Waals surface area contributed by atoms with Crippen LogP contribution in [0.15, 0.2) is 46.3 Å². The summed E-state index contributed by atoms with van der Waals surface area (Å²) in [6, 6.07) is 10.6. The number of thiophene rings is 1. The quantitative estimate of drug-likeness (QED) is 0.590. The van der Waals surface area contributed by atoms with Crippen LogP contribution < -0.4 is 9.04 Å². The summed E-state index contributed by atoms with van der Waals surface area (Å²) in [6.07, 6.45) is 0.524. The van der Waals surface area contributed by atoms with E-state index in [-0.39, 0.29) is 25.4 Å². The lowest BCUT2D eigenvalue weighted by atomic mass is 10.2. The topological polar surface area (TPSA) is 106 Å². The Balaban J connectivity index is 1.49. The van der Waals surface area contributed by atoms with E-state index in [4.69, 9.17) is 9.26 Å². The molecule has 1 aromatic carbocycles. The lowest BCUT2D eigenvalue weighted by Crippen LogP contribution is -2.40. The zero-order valence-corrected chi connectivity index (χ0v) is 18.0. The number of rotatable bonds is 5. The summed E-state index contributed by atoms with van der Waals surface area (Å²) in [5, 5.41) is 5.87. The average Bonchev–Trinajstić information content (AvgIpc) is 3.34. The second kappa shape index (κ2) is 8.07. The van der Waals surface area contributed by atoms with E-state index in [2.05, 4.69) is 10.1 Å². The van der Waals surface area contributed by atoms with Crippen molar-refractivity contribution in [1.29, 1.82) is 0 Å². The van der Waals surface area contributed by atoms with Crippen LogP contribution in [0.5, 0.6) is 5.75 Å². The van der Waals surface area contributed by atoms with Gasteiger partial charge in [0.1, 0.15) is 5.75 Å². The summed E-state index contributed by atoms with van der Waals surface area (Å²) in [7, 11) is -1.89. The van der Waals surface area contributed by atoms with Gasteiger partial charge in [-0.25, -0.2) is 8.42 Å². The Labute approximate surface area is 177 Å². The molecule has 0 bridgehead atoms. The number of likely N-dealkylation sites (N-methyl/N-ethyl adjacent to an activating group) is 1. The number of hydrogen-bond acceptors (Lipinski definition) is 8. The van der Waals surface area contributed by atoms with Crippen molar-refractivity contribution in [3.63, 3.8) is 0 Å². The molecule has 11 heteroatoms. The molecule has 0 fully saturated rings. The first-order valence-electron chi connectivity index (χ1n) is 9.18. The van der Waals surface area contributed by atoms with Crippen molar-refractivity contribution in [3.05, 3.63) is 47.7 Å². The Hall–Kier alpha value is -2.92. The van der Waals surface area contributed by atoms with E-state index in [1.54, 1.807) is 31.3 Å². The minimum absolute atomic E-state index is 0.120. The van der Waals surface area contributed by atoms with Gasteiger partial charge in [-0.3, -0.25) is 9.10 Å². The van der Waals surface area contributed by atoms with Gasteiger partial charge >= 0.3 is 0 Å². The SMILES string of the molecule is CN(Cc1nc(-c2cccs2)no1)C(=O)[C@H]1CCN(S(C)(=O)=O)c2ccccc2O1. The highest BCUT2D eigenvalue weighted by Crippen LogP contribution is 2.34. The number of ether oxygens (including phenoxy) is 1. The summed E-state index contributed by atoms with van der Waals surface area (Å²) in [4.78, 5) is 19.6. The van der Waals surface area contributed by atoms with E-state index in [1.165, 1.54) is 20.5 Å². The zero-order chi connectivity index (χ0) is 21.3. The van der Waals surface area contributed by atoms with Crippen LogP contribution in [0.1, 0.15) is 12.3 Å². The number of carbonyl (C=O) groups is 1. The molecular formula is C19H20N4O5S2. The highest BCUT2D eigenvalue weighted by atomic mass is 32.2. The van der Waals surface area contributed by atoms with Crippen molar-refractivity contribution in [1.82, 2.24) is 15.0 Å². The number of nitrogens with zero attached hydrogens (tertiary/aromatic N) is 4. The number of sulfonamides is 1. The van der Waals surface area contributed by atoms with Gasteiger partial charge in [-0.15, -0.1) is 11.3 Å². The largest absolute Gasteiger partial charge is 0.478 e. The molecule has 1 aliphatic heterocycles. The molecule has 2 aromatic heterocycles. The fourth-order valence-electron chi connectivity index (χ4n) is 3.20. The molecular weight excluding hydrogens is 428 g/mol. The Morgan fingerprint density at radius 1 is 1.30 bits per heavy atom. The third kappa shape index (κ3) is 4.17. The zero-order valence-electron chi connectivity index (χ0n) is 16.4. The average molecular weight is 449 g/mol. The summed E-state index contributed by atoms with van der Waals surface area (Å²) < 4.78 is 36.8. The van der Waals surface area contributed by atoms with Gasteiger partial charge in [0.25, 0.3) is 5.91 Å². The van der Waals surface area contributed by atoms with E-state index in [1.807, 2.05) is 17.5 Å². The molecule has 30 heavy (non-hydrogen) atoms. The van der Waals surface area contributed by atoms with Crippen LogP contribution in [0.2, 0.25) is 0 Å². The molecule has 3 aromatic rings. The highest BCUT2D eigenvalue weighted by Gasteiger charge is 2.32. The lowest BCUT2D eigenvalue weighted by molar-refractivity contribution is -0.138. The van der Waals surface area contributed by atoms with Gasteiger partial charge in [-0.1, -0.05) is 23.4 Å². The number of aromatic nitrogens is 2. The molecule has 4 rings (SSSR count). The van der Waals surface area contributed by atoms with Crippen LogP contribution in [-0.4, -0.2) is 55.3 Å². The molecule has 0 saturated heterocycles. The van der Waals surface area contributed by atoms with E-state index >= 15 is 0 Å². The monoisotopic (exact) mass is 448 g/mol. The van der Waals surface area contributed by atoms with Crippen molar-refractivity contribution in [2.45, 2.75) is 19.1 Å². The number of carbonyl (C=O) groups excluding carboxylic acids is 1. The number of amides is 1. The molecule has 0 spiro atoms. The predicted molar refractivity (Wildman–Crippen MR) is 112 cm³/mol. The standard InChI is InChI=1S/C19H20N4O5S2/c1-22(12-17-20-18(21-28-17)16-8-5-11-29-16)19(24)15-9-10-23(30(2,25)26)13-6-3-4-7-14(13)27-15/h3-8,11,15H,9-10,12H2,1-2H3/t15-/m1/s1. The first-order valence-corrected chi connectivity index (χ1v) is 11.9. The molecule has 0 N–H and O–H groups in total. The first kappa shape index (κ1) is 20.4. The highest BCUT2D eigenvalue weighted by molar-refractivity contribution is 7.92. The first-order chi connectivity index (χ1) is 14.3. The molecule has 0 saturated carbocycles. The molecule has 0 aliphatic carbocycles. The number of hydrogen-bond donors (Lipinski definition) is 0. The summed E-state index contributed by atoms with van der Waals surface area (Å²) in [5.74, 6) is 0.839. The van der Waals surface area contributed by atoms with Crippen molar-refractivity contribution in [2.24, 2.45) is 0 Å². The van der Waals surface area contributed by atoms with Gasteiger partial charge in [0, 0.05) is 20.0 Å². The third-order valence-corrected chi connectivity index (χ3v) is 6.68. The van der Waals surface area contributed by atoms with Crippen LogP contribution in [0, 0.1) is 0 Å². The number of anilines is 1. The lowest BCUT2D eigenvalue weighted by Gasteiger charge is -2.22. The number of benzene rings is 1. The number of para-hydroxylation sites is 2. The number of fused-ring (bicyclic) bond motifs is 1. The van der Waals surface area contributed by atoms with Gasteiger partial charge < -0.3 is 14.2 Å². The summed E-state index contributed by atoms with van der Waals surface area (Å²) in [6.45, 7) is 0.262. The van der Waals surface area contributed by atoms with E-state index < -0.39 is 16.1 Å². The van der Waals surface area contributed by atoms with Gasteiger partial charge in [-0.05, 0) is 23.6 Å². The molecule has 1 amide bonds. The molecule has 158 valence electrons. The molecule has 0 radical (unpaired) electrons. The van der Waals surface area contributed by atoms with Crippen LogP contribution >= 0.6 is 11.3 Å². The maximum Gasteiger partial charge on any atom is 0.263 e. The van der Waals surface area contributed by atoms with E-state index in [9.17, 15) is 13.2 Å². The summed E-state index contributed by atoms with van der Waals surface area (Å²) in [5.41, 5.74) is 0.426. The van der Waals surface area contributed by atoms with Gasteiger partial charge in [0.2, 0.25) is 21.7 Å². The fourth-order valence-corrected chi connectivity index (χ4v) is 4.79. The normalized spacial score (nSPS) is 16.5. The van der Waals surface area contributed by atoms with Gasteiger partial charge in [-0.2, -0.15) is 4.98 Å². The molecule has 0 unspecified atom stereocenters. The van der Waals surface area contributed by atoms with E-state index in [0.717, 1.165) is 11.1 Å². The Bertz CT molecular complexity index is 1140. The van der Waals surface area contributed by atoms with Crippen LogP contribution in [0.25, 0.3) is 10.7 Å². The molecule has 1 atom stereocenters. The molecule has 3 heterocycles. The van der Waals surface area contributed by atoms with Crippen molar-refractivity contribution >= 4 is 33.0 Å². The Kier molecular flexibility index (Phi) is 5.48. The van der Waals surface area contributed by atoms with E-state index in [0.29, 0.717) is 23.2 Å². The molecule has 1 aliphatic rings. The van der Waals surface area contributed by atoms with Crippen LogP contribution in [-0.2, 0) is 21.4 Å². The minimum Gasteiger partial charge on any atom is -0.478 e. The summed E-state index contributed by atoms with van der Waals surface area (Å²) >= 11 is 1.50. The van der Waals surface area contributed by atoms with Crippen molar-refractivity contribution in [3.8, 4) is 16.5 Å². The third-order valence-electron chi connectivity index (χ3n) is 4.63. The Morgan fingerprint density at radius 2 is 2.10 bits per heavy atom. The van der Waals surface area contributed by atoms with Crippen LogP contribution in [0.4, 0.5) is 5.69 Å². The maximum absolute atomic E-state index is 13.0. The smallest absolute Gasteiger partial charge is 0.263 e. The second-order valence-electron chi connectivity index (χ2n) is 6.88. The van der Waals surface area contributed by atoms with Crippen LogP contribution in [0.3, 0.4) is 0 Å².